The molecule has 0 amide bonds. The maximum Gasteiger partial charge on any atom is -0.0355 e. The normalized spacial score (nSPS) is 57.2. The monoisotopic (exact) mass is 164 g/mol. The van der Waals surface area contributed by atoms with Crippen LogP contribution in [0.25, 0.3) is 0 Å². The molecule has 5 unspecified atom stereocenters. The lowest BCUT2D eigenvalue weighted by atomic mass is 9.84. The average molecular weight is 164 g/mol. The summed E-state index contributed by atoms with van der Waals surface area (Å²) in [4.78, 5) is 0. The molecule has 2 bridgehead atoms. The van der Waals surface area contributed by atoms with Gasteiger partial charge in [0.1, 0.15) is 0 Å². The van der Waals surface area contributed by atoms with E-state index in [0.29, 0.717) is 0 Å². The third-order valence-corrected chi connectivity index (χ3v) is 4.92. The van der Waals surface area contributed by atoms with Crippen LogP contribution in [0.1, 0.15) is 45.4 Å². The molecule has 3 fully saturated rings. The first-order valence-corrected chi connectivity index (χ1v) is 5.84. The lowest BCUT2D eigenvalue weighted by Gasteiger charge is -2.22. The van der Waals surface area contributed by atoms with E-state index in [1.165, 1.54) is 5.92 Å². The Balaban J connectivity index is 1.78. The van der Waals surface area contributed by atoms with Crippen molar-refractivity contribution in [3.05, 3.63) is 0 Å². The molecule has 12 heavy (non-hydrogen) atoms. The Bertz CT molecular complexity index is 184. The van der Waals surface area contributed by atoms with E-state index >= 15 is 0 Å². The summed E-state index contributed by atoms with van der Waals surface area (Å²) in [7, 11) is 0. The molecule has 0 N–H and O–H groups in total. The minimum absolute atomic E-state index is 1.08. The summed E-state index contributed by atoms with van der Waals surface area (Å²) in [5, 5.41) is 0. The van der Waals surface area contributed by atoms with Crippen molar-refractivity contribution in [1.82, 2.24) is 0 Å². The van der Waals surface area contributed by atoms with E-state index < -0.39 is 0 Å². The Hall–Kier alpha value is 0. The summed E-state index contributed by atoms with van der Waals surface area (Å²) in [6.07, 6.45) is 9.45. The van der Waals surface area contributed by atoms with Gasteiger partial charge >= 0.3 is 0 Å². The van der Waals surface area contributed by atoms with Gasteiger partial charge in [0.05, 0.1) is 0 Å². The van der Waals surface area contributed by atoms with Crippen molar-refractivity contribution in [1.29, 1.82) is 0 Å². The molecule has 0 aromatic rings. The molecule has 0 aliphatic heterocycles. The third-order valence-electron chi connectivity index (χ3n) is 4.92. The molecule has 0 saturated heterocycles. The summed E-state index contributed by atoms with van der Waals surface area (Å²) in [5.74, 6) is 5.68. The molecule has 0 heteroatoms. The van der Waals surface area contributed by atoms with Crippen molar-refractivity contribution >= 4 is 0 Å². The van der Waals surface area contributed by atoms with Gasteiger partial charge in [-0.05, 0) is 55.3 Å². The van der Waals surface area contributed by atoms with Gasteiger partial charge in [0.25, 0.3) is 0 Å². The molecule has 0 aromatic carbocycles. The molecule has 0 radical (unpaired) electrons. The standard InChI is InChI=1S/C12H20/c1-8-10-4-2-9(6-10)3-5-11-7-12(8)11/h8-12H,2-7H2,1H3. The van der Waals surface area contributed by atoms with Crippen molar-refractivity contribution in [2.24, 2.45) is 29.6 Å². The molecule has 68 valence electrons. The summed E-state index contributed by atoms with van der Waals surface area (Å²) in [6, 6.07) is 0. The second-order valence-electron chi connectivity index (χ2n) is 5.54. The minimum Gasteiger partial charge on any atom is -0.0620 e. The fourth-order valence-electron chi connectivity index (χ4n) is 3.90. The highest BCUT2D eigenvalue weighted by atomic mass is 14.5. The van der Waals surface area contributed by atoms with E-state index in [4.69, 9.17) is 0 Å². The number of fused-ring (bicyclic) bond motifs is 3. The number of hydrogen-bond donors (Lipinski definition) is 0. The highest BCUT2D eigenvalue weighted by molar-refractivity contribution is 4.96. The fourth-order valence-corrected chi connectivity index (χ4v) is 3.90. The van der Waals surface area contributed by atoms with Crippen LogP contribution in [0.15, 0.2) is 0 Å². The van der Waals surface area contributed by atoms with Crippen LogP contribution in [0.4, 0.5) is 0 Å². The molecule has 3 aliphatic carbocycles. The zero-order chi connectivity index (χ0) is 8.13. The van der Waals surface area contributed by atoms with Crippen molar-refractivity contribution in [2.75, 3.05) is 0 Å². The summed E-state index contributed by atoms with van der Waals surface area (Å²) in [6.45, 7) is 2.53. The topological polar surface area (TPSA) is 0 Å². The lowest BCUT2D eigenvalue weighted by molar-refractivity contribution is 0.279. The number of hydrogen-bond acceptors (Lipinski definition) is 0. The van der Waals surface area contributed by atoms with Crippen LogP contribution >= 0.6 is 0 Å². The molecule has 3 rings (SSSR count). The van der Waals surface area contributed by atoms with Gasteiger partial charge in [0.2, 0.25) is 0 Å². The molecular weight excluding hydrogens is 144 g/mol. The van der Waals surface area contributed by atoms with Crippen LogP contribution in [0.2, 0.25) is 0 Å². The van der Waals surface area contributed by atoms with E-state index in [9.17, 15) is 0 Å². The molecule has 3 aliphatic rings. The van der Waals surface area contributed by atoms with Crippen LogP contribution in [0, 0.1) is 29.6 Å². The summed E-state index contributed by atoms with van der Waals surface area (Å²) < 4.78 is 0. The Labute approximate surface area is 75.7 Å². The lowest BCUT2D eigenvalue weighted by Crippen LogP contribution is -2.13. The van der Waals surface area contributed by atoms with E-state index in [0.717, 1.165) is 23.7 Å². The molecule has 0 spiro atoms. The van der Waals surface area contributed by atoms with Crippen LogP contribution in [-0.2, 0) is 0 Å². The molecule has 5 atom stereocenters. The number of rotatable bonds is 0. The van der Waals surface area contributed by atoms with Gasteiger partial charge in [-0.3, -0.25) is 0 Å². The van der Waals surface area contributed by atoms with Crippen LogP contribution in [0.5, 0.6) is 0 Å². The maximum absolute atomic E-state index is 2.53. The van der Waals surface area contributed by atoms with Crippen LogP contribution in [0.3, 0.4) is 0 Å². The Morgan fingerprint density at radius 2 is 1.58 bits per heavy atom. The van der Waals surface area contributed by atoms with Gasteiger partial charge < -0.3 is 0 Å². The van der Waals surface area contributed by atoms with E-state index in [2.05, 4.69) is 6.92 Å². The van der Waals surface area contributed by atoms with Gasteiger partial charge in [0, 0.05) is 0 Å². The Kier molecular flexibility index (Phi) is 1.54. The SMILES string of the molecule is CC1C2CCC(CCC3CC31)C2. The predicted octanol–water partition coefficient (Wildman–Crippen LogP) is 3.47. The van der Waals surface area contributed by atoms with Crippen LogP contribution < -0.4 is 0 Å². The zero-order valence-corrected chi connectivity index (χ0v) is 8.13. The maximum atomic E-state index is 2.53. The zero-order valence-electron chi connectivity index (χ0n) is 8.13. The van der Waals surface area contributed by atoms with Crippen molar-refractivity contribution in [2.45, 2.75) is 45.4 Å². The molecule has 0 heterocycles. The average Bonchev–Trinajstić information content (AvgIpc) is 2.66. The highest BCUT2D eigenvalue weighted by Gasteiger charge is 2.46. The van der Waals surface area contributed by atoms with Crippen molar-refractivity contribution in [3.63, 3.8) is 0 Å². The Morgan fingerprint density at radius 3 is 2.42 bits per heavy atom. The first kappa shape index (κ1) is 7.41. The van der Waals surface area contributed by atoms with Gasteiger partial charge in [0.15, 0.2) is 0 Å². The summed E-state index contributed by atoms with van der Waals surface area (Å²) >= 11 is 0. The van der Waals surface area contributed by atoms with E-state index in [1.807, 2.05) is 0 Å². The largest absolute Gasteiger partial charge is 0.0620 e. The first-order chi connectivity index (χ1) is 5.84. The van der Waals surface area contributed by atoms with E-state index in [1.54, 1.807) is 38.5 Å². The quantitative estimate of drug-likeness (QED) is 0.514. The van der Waals surface area contributed by atoms with E-state index in [-0.39, 0.29) is 0 Å². The second kappa shape index (κ2) is 2.49. The van der Waals surface area contributed by atoms with Crippen molar-refractivity contribution < 1.29 is 0 Å². The first-order valence-electron chi connectivity index (χ1n) is 5.84. The second-order valence-corrected chi connectivity index (χ2v) is 5.54. The molecule has 0 aromatic heterocycles. The highest BCUT2D eigenvalue weighted by Crippen LogP contribution is 2.56. The van der Waals surface area contributed by atoms with Crippen LogP contribution in [-0.4, -0.2) is 0 Å². The minimum atomic E-state index is 1.08. The smallest absolute Gasteiger partial charge is 0.0355 e. The predicted molar refractivity (Wildman–Crippen MR) is 50.8 cm³/mol. The molecular formula is C12H20. The fraction of sp³-hybridized carbons (Fsp3) is 1.00. The van der Waals surface area contributed by atoms with Gasteiger partial charge in [-0.1, -0.05) is 19.8 Å². The summed E-state index contributed by atoms with van der Waals surface area (Å²) in [5.41, 5.74) is 0. The Morgan fingerprint density at radius 1 is 0.833 bits per heavy atom. The molecule has 3 saturated carbocycles. The van der Waals surface area contributed by atoms with Gasteiger partial charge in [-0.2, -0.15) is 0 Å². The van der Waals surface area contributed by atoms with Gasteiger partial charge in [-0.15, -0.1) is 0 Å². The van der Waals surface area contributed by atoms with Crippen molar-refractivity contribution in [3.8, 4) is 0 Å². The molecule has 0 nitrogen and oxygen atoms in total. The third kappa shape index (κ3) is 1.03. The van der Waals surface area contributed by atoms with Gasteiger partial charge in [-0.25, -0.2) is 0 Å².